The van der Waals surface area contributed by atoms with Gasteiger partial charge < -0.3 is 5.32 Å². The Morgan fingerprint density at radius 3 is 2.47 bits per heavy atom. The van der Waals surface area contributed by atoms with Gasteiger partial charge in [0, 0.05) is 11.8 Å². The quantitative estimate of drug-likeness (QED) is 0.489. The standard InChI is InChI=1S/C23H19F2N3O3S/c1-13(2)14-4-3-5-17(8-14)26-20(29)12-27-19-6-7-32-21(19)22(30)28(23(27)31)18-10-15(24)9-16(25)11-18/h3-11,13H,12H2,1-2H3,(H,26,29). The van der Waals surface area contributed by atoms with E-state index in [0.717, 1.165) is 33.6 Å². The Kier molecular flexibility index (Phi) is 5.75. The van der Waals surface area contributed by atoms with Crippen LogP contribution in [0.5, 0.6) is 0 Å². The number of rotatable bonds is 5. The van der Waals surface area contributed by atoms with Gasteiger partial charge in [0.25, 0.3) is 5.56 Å². The number of amides is 1. The van der Waals surface area contributed by atoms with Crippen LogP contribution in [0.2, 0.25) is 0 Å². The minimum atomic E-state index is -0.924. The molecule has 1 amide bonds. The number of nitrogens with zero attached hydrogens (tertiary/aromatic N) is 2. The van der Waals surface area contributed by atoms with Crippen LogP contribution in [0.15, 0.2) is 63.5 Å². The molecule has 2 heterocycles. The summed E-state index contributed by atoms with van der Waals surface area (Å²) in [5.41, 5.74) is 0.0947. The summed E-state index contributed by atoms with van der Waals surface area (Å²) in [4.78, 5) is 38.8. The van der Waals surface area contributed by atoms with Crippen molar-refractivity contribution >= 4 is 33.1 Å². The van der Waals surface area contributed by atoms with Crippen LogP contribution in [0.4, 0.5) is 14.5 Å². The number of halogens is 2. The SMILES string of the molecule is CC(C)c1cccc(NC(=O)Cn2c(=O)n(-c3cc(F)cc(F)c3)c(=O)c3sccc32)c1. The maximum atomic E-state index is 13.7. The summed E-state index contributed by atoms with van der Waals surface area (Å²) in [5.74, 6) is -2.05. The van der Waals surface area contributed by atoms with Crippen molar-refractivity contribution in [3.63, 3.8) is 0 Å². The Morgan fingerprint density at radius 2 is 1.78 bits per heavy atom. The van der Waals surface area contributed by atoms with Gasteiger partial charge in [0.1, 0.15) is 22.9 Å². The van der Waals surface area contributed by atoms with Gasteiger partial charge in [-0.15, -0.1) is 11.3 Å². The largest absolute Gasteiger partial charge is 0.336 e. The maximum Gasteiger partial charge on any atom is 0.336 e. The number of aromatic nitrogens is 2. The van der Waals surface area contributed by atoms with Gasteiger partial charge in [-0.1, -0.05) is 26.0 Å². The number of anilines is 1. The molecule has 2 aromatic heterocycles. The third kappa shape index (κ3) is 4.11. The fourth-order valence-corrected chi connectivity index (χ4v) is 4.28. The van der Waals surface area contributed by atoms with E-state index in [1.54, 1.807) is 17.5 Å². The molecule has 4 aromatic rings. The molecule has 0 aliphatic carbocycles. The number of carbonyl (C=O) groups excluding carboxylic acids is 1. The average Bonchev–Trinajstić information content (AvgIpc) is 3.21. The van der Waals surface area contributed by atoms with Crippen molar-refractivity contribution in [3.05, 3.63) is 91.9 Å². The van der Waals surface area contributed by atoms with E-state index in [1.165, 1.54) is 0 Å². The van der Waals surface area contributed by atoms with E-state index in [-0.39, 0.29) is 28.4 Å². The lowest BCUT2D eigenvalue weighted by molar-refractivity contribution is -0.116. The molecule has 4 rings (SSSR count). The number of nitrogens with one attached hydrogen (secondary N) is 1. The molecular formula is C23H19F2N3O3S. The molecule has 0 saturated carbocycles. The second-order valence-electron chi connectivity index (χ2n) is 7.60. The molecule has 2 aromatic carbocycles. The van der Waals surface area contributed by atoms with Crippen molar-refractivity contribution in [2.75, 3.05) is 5.32 Å². The molecule has 0 saturated heterocycles. The van der Waals surface area contributed by atoms with Crippen LogP contribution in [-0.4, -0.2) is 15.0 Å². The Hall–Kier alpha value is -3.59. The van der Waals surface area contributed by atoms with Crippen molar-refractivity contribution in [1.29, 1.82) is 0 Å². The molecule has 0 spiro atoms. The molecule has 0 aliphatic heterocycles. The van der Waals surface area contributed by atoms with E-state index in [4.69, 9.17) is 0 Å². The van der Waals surface area contributed by atoms with Gasteiger partial charge in [0.05, 0.1) is 11.2 Å². The minimum absolute atomic E-state index is 0.198. The molecule has 0 radical (unpaired) electrons. The van der Waals surface area contributed by atoms with Crippen LogP contribution in [0.3, 0.4) is 0 Å². The first kappa shape index (κ1) is 21.6. The summed E-state index contributed by atoms with van der Waals surface area (Å²) >= 11 is 1.08. The highest BCUT2D eigenvalue weighted by molar-refractivity contribution is 7.17. The fourth-order valence-electron chi connectivity index (χ4n) is 3.46. The normalized spacial score (nSPS) is 11.3. The number of benzene rings is 2. The topological polar surface area (TPSA) is 73.1 Å². The first-order valence-corrected chi connectivity index (χ1v) is 10.7. The number of hydrogen-bond acceptors (Lipinski definition) is 4. The molecule has 32 heavy (non-hydrogen) atoms. The predicted octanol–water partition coefficient (Wildman–Crippen LogP) is 4.25. The number of thiophene rings is 1. The molecule has 6 nitrogen and oxygen atoms in total. The van der Waals surface area contributed by atoms with E-state index in [9.17, 15) is 23.2 Å². The number of fused-ring (bicyclic) bond motifs is 1. The summed E-state index contributed by atoms with van der Waals surface area (Å²) in [5, 5.41) is 4.37. The van der Waals surface area contributed by atoms with E-state index in [0.29, 0.717) is 16.3 Å². The third-order valence-electron chi connectivity index (χ3n) is 5.00. The summed E-state index contributed by atoms with van der Waals surface area (Å²) in [6.45, 7) is 3.69. The highest BCUT2D eigenvalue weighted by atomic mass is 32.1. The van der Waals surface area contributed by atoms with Gasteiger partial charge in [-0.05, 0) is 47.2 Å². The van der Waals surface area contributed by atoms with Crippen LogP contribution < -0.4 is 16.6 Å². The van der Waals surface area contributed by atoms with Gasteiger partial charge in [-0.3, -0.25) is 14.2 Å². The fraction of sp³-hybridized carbons (Fsp3) is 0.174. The lowest BCUT2D eigenvalue weighted by Crippen LogP contribution is -2.40. The van der Waals surface area contributed by atoms with Gasteiger partial charge in [0.15, 0.2) is 0 Å². The summed E-state index contributed by atoms with van der Waals surface area (Å²) in [6, 6.07) is 11.4. The van der Waals surface area contributed by atoms with E-state index in [2.05, 4.69) is 5.32 Å². The Bertz CT molecular complexity index is 1430. The summed E-state index contributed by atoms with van der Waals surface area (Å²) < 4.78 is 29.5. The van der Waals surface area contributed by atoms with Gasteiger partial charge in [-0.2, -0.15) is 0 Å². The van der Waals surface area contributed by atoms with Gasteiger partial charge in [0.2, 0.25) is 5.91 Å². The van der Waals surface area contributed by atoms with E-state index >= 15 is 0 Å². The first-order valence-electron chi connectivity index (χ1n) is 9.84. The molecule has 164 valence electrons. The Balaban J connectivity index is 1.77. The summed E-state index contributed by atoms with van der Waals surface area (Å²) in [6.07, 6.45) is 0. The van der Waals surface area contributed by atoms with Crippen LogP contribution in [-0.2, 0) is 11.3 Å². The summed E-state index contributed by atoms with van der Waals surface area (Å²) in [7, 11) is 0. The van der Waals surface area contributed by atoms with Crippen molar-refractivity contribution in [2.24, 2.45) is 0 Å². The second kappa shape index (κ2) is 8.51. The second-order valence-corrected chi connectivity index (χ2v) is 8.52. The molecule has 9 heteroatoms. The van der Waals surface area contributed by atoms with Crippen LogP contribution in [0.1, 0.15) is 25.3 Å². The molecule has 1 N–H and O–H groups in total. The molecule has 0 atom stereocenters. The zero-order valence-electron chi connectivity index (χ0n) is 17.3. The lowest BCUT2D eigenvalue weighted by atomic mass is 10.0. The maximum absolute atomic E-state index is 13.7. The molecular weight excluding hydrogens is 436 g/mol. The highest BCUT2D eigenvalue weighted by Crippen LogP contribution is 2.20. The number of carbonyl (C=O) groups is 1. The van der Waals surface area contributed by atoms with Gasteiger partial charge >= 0.3 is 5.69 Å². The van der Waals surface area contributed by atoms with Crippen LogP contribution in [0, 0.1) is 11.6 Å². The van der Waals surface area contributed by atoms with Crippen molar-refractivity contribution in [1.82, 2.24) is 9.13 Å². The minimum Gasteiger partial charge on any atom is -0.325 e. The Labute approximate surface area is 185 Å². The number of hydrogen-bond donors (Lipinski definition) is 1. The third-order valence-corrected chi connectivity index (χ3v) is 5.89. The van der Waals surface area contributed by atoms with Gasteiger partial charge in [-0.25, -0.2) is 18.1 Å². The molecule has 0 bridgehead atoms. The zero-order valence-corrected chi connectivity index (χ0v) is 18.1. The highest BCUT2D eigenvalue weighted by Gasteiger charge is 2.18. The van der Waals surface area contributed by atoms with Crippen LogP contribution >= 0.6 is 11.3 Å². The molecule has 0 unspecified atom stereocenters. The first-order chi connectivity index (χ1) is 15.2. The van der Waals surface area contributed by atoms with E-state index in [1.807, 2.05) is 32.0 Å². The zero-order chi connectivity index (χ0) is 23.0. The smallest absolute Gasteiger partial charge is 0.325 e. The van der Waals surface area contributed by atoms with E-state index < -0.39 is 28.8 Å². The van der Waals surface area contributed by atoms with Crippen molar-refractivity contribution in [3.8, 4) is 5.69 Å². The van der Waals surface area contributed by atoms with Crippen molar-refractivity contribution in [2.45, 2.75) is 26.3 Å². The predicted molar refractivity (Wildman–Crippen MR) is 121 cm³/mol. The monoisotopic (exact) mass is 455 g/mol. The molecule has 0 aliphatic rings. The van der Waals surface area contributed by atoms with Crippen LogP contribution in [0.25, 0.3) is 15.9 Å². The Morgan fingerprint density at radius 1 is 1.06 bits per heavy atom. The lowest BCUT2D eigenvalue weighted by Gasteiger charge is -2.13. The molecule has 0 fully saturated rings. The van der Waals surface area contributed by atoms with Crippen molar-refractivity contribution < 1.29 is 13.6 Å². The average molecular weight is 455 g/mol.